The molecule has 4 rings (SSSR count). The van der Waals surface area contributed by atoms with Gasteiger partial charge in [0.1, 0.15) is 0 Å². The van der Waals surface area contributed by atoms with Crippen LogP contribution in [0.3, 0.4) is 0 Å². The number of pyridine rings is 1. The molecular weight excluding hydrogens is 352 g/mol. The largest absolute Gasteiger partial charge is 0.324 e. The maximum atomic E-state index is 12.8. The summed E-state index contributed by atoms with van der Waals surface area (Å²) in [7, 11) is -3.22. The van der Waals surface area contributed by atoms with Crippen molar-refractivity contribution in [3.63, 3.8) is 0 Å². The van der Waals surface area contributed by atoms with E-state index in [0.29, 0.717) is 32.7 Å². The highest BCUT2D eigenvalue weighted by atomic mass is 32.2. The molecular formula is C18H20N4O3S. The number of benzene rings is 1. The molecule has 2 aliphatic heterocycles. The summed E-state index contributed by atoms with van der Waals surface area (Å²) in [4.78, 5) is 20.4. The van der Waals surface area contributed by atoms with Gasteiger partial charge in [-0.2, -0.15) is 4.31 Å². The zero-order valence-corrected chi connectivity index (χ0v) is 15.3. The third-order valence-electron chi connectivity index (χ3n) is 4.86. The van der Waals surface area contributed by atoms with Crippen LogP contribution in [-0.4, -0.2) is 48.0 Å². The maximum Gasteiger partial charge on any atom is 0.324 e. The normalized spacial score (nSPS) is 17.8. The van der Waals surface area contributed by atoms with Crippen LogP contribution >= 0.6 is 0 Å². The SMILES string of the molecule is CS(=O)(=O)N1Cc2ccc(N3CCN(Cc4cccnc4)C3=O)cc2C1. The molecule has 8 heteroatoms. The van der Waals surface area contributed by atoms with Gasteiger partial charge >= 0.3 is 6.03 Å². The first-order valence-electron chi connectivity index (χ1n) is 8.44. The number of hydrogen-bond acceptors (Lipinski definition) is 4. The highest BCUT2D eigenvalue weighted by Crippen LogP contribution is 2.30. The van der Waals surface area contributed by atoms with Gasteiger partial charge in [0.2, 0.25) is 10.0 Å². The van der Waals surface area contributed by atoms with Crippen molar-refractivity contribution in [1.29, 1.82) is 0 Å². The van der Waals surface area contributed by atoms with Crippen molar-refractivity contribution in [1.82, 2.24) is 14.2 Å². The monoisotopic (exact) mass is 372 g/mol. The van der Waals surface area contributed by atoms with Crippen molar-refractivity contribution in [2.75, 3.05) is 24.2 Å². The van der Waals surface area contributed by atoms with E-state index in [2.05, 4.69) is 4.98 Å². The number of aromatic nitrogens is 1. The fourth-order valence-corrected chi connectivity index (χ4v) is 4.18. The van der Waals surface area contributed by atoms with Gasteiger partial charge in [-0.25, -0.2) is 13.2 Å². The molecule has 2 aromatic rings. The van der Waals surface area contributed by atoms with Crippen LogP contribution in [0.2, 0.25) is 0 Å². The highest BCUT2D eigenvalue weighted by molar-refractivity contribution is 7.88. The maximum absolute atomic E-state index is 12.8. The standard InChI is InChI=1S/C18H20N4O3S/c1-26(24,25)21-12-15-4-5-17(9-16(15)13-21)22-8-7-20(18(22)23)11-14-3-2-6-19-10-14/h2-6,9-10H,7-8,11-13H2,1H3. The quantitative estimate of drug-likeness (QED) is 0.820. The summed E-state index contributed by atoms with van der Waals surface area (Å²) in [5, 5.41) is 0. The van der Waals surface area contributed by atoms with Crippen molar-refractivity contribution in [2.45, 2.75) is 19.6 Å². The molecule has 26 heavy (non-hydrogen) atoms. The average molecular weight is 372 g/mol. The van der Waals surface area contributed by atoms with Crippen LogP contribution in [0.15, 0.2) is 42.7 Å². The number of sulfonamides is 1. The summed E-state index contributed by atoms with van der Waals surface area (Å²) in [6, 6.07) is 9.54. The minimum atomic E-state index is -3.22. The predicted molar refractivity (Wildman–Crippen MR) is 97.9 cm³/mol. The van der Waals surface area contributed by atoms with Gasteiger partial charge in [-0.1, -0.05) is 12.1 Å². The first-order valence-corrected chi connectivity index (χ1v) is 10.3. The first-order chi connectivity index (χ1) is 12.4. The number of urea groups is 1. The van der Waals surface area contributed by atoms with E-state index in [0.717, 1.165) is 22.4 Å². The van der Waals surface area contributed by atoms with Crippen LogP contribution in [0.5, 0.6) is 0 Å². The average Bonchev–Trinajstić information content (AvgIpc) is 3.19. The van der Waals surface area contributed by atoms with E-state index < -0.39 is 10.0 Å². The molecule has 0 spiro atoms. The molecule has 7 nitrogen and oxygen atoms in total. The van der Waals surface area contributed by atoms with Gasteiger partial charge in [-0.05, 0) is 34.9 Å². The Hall–Kier alpha value is -2.45. The number of anilines is 1. The minimum absolute atomic E-state index is 0.0354. The Balaban J connectivity index is 1.50. The molecule has 0 bridgehead atoms. The fraction of sp³-hybridized carbons (Fsp3) is 0.333. The summed E-state index contributed by atoms with van der Waals surface area (Å²) >= 11 is 0. The molecule has 2 aliphatic rings. The van der Waals surface area contributed by atoms with E-state index in [4.69, 9.17) is 0 Å². The second-order valence-corrected chi connectivity index (χ2v) is 8.68. The number of carbonyl (C=O) groups excluding carboxylic acids is 1. The van der Waals surface area contributed by atoms with Crippen LogP contribution < -0.4 is 4.90 Å². The summed E-state index contributed by atoms with van der Waals surface area (Å²) in [5.74, 6) is 0. The Kier molecular flexibility index (Phi) is 4.16. The van der Waals surface area contributed by atoms with Crippen LogP contribution in [0, 0.1) is 0 Å². The van der Waals surface area contributed by atoms with Gasteiger partial charge in [-0.3, -0.25) is 9.88 Å². The summed E-state index contributed by atoms with van der Waals surface area (Å²) in [6.45, 7) is 2.57. The number of carbonyl (C=O) groups is 1. The Labute approximate surface area is 152 Å². The highest BCUT2D eigenvalue weighted by Gasteiger charge is 2.31. The topological polar surface area (TPSA) is 73.8 Å². The van der Waals surface area contributed by atoms with Gasteiger partial charge in [0.25, 0.3) is 0 Å². The van der Waals surface area contributed by atoms with Gasteiger partial charge < -0.3 is 4.90 Å². The number of hydrogen-bond donors (Lipinski definition) is 0. The Bertz CT molecular complexity index is 946. The van der Waals surface area contributed by atoms with E-state index >= 15 is 0 Å². The predicted octanol–water partition coefficient (Wildman–Crippen LogP) is 1.80. The molecule has 0 unspecified atom stereocenters. The fourth-order valence-electron chi connectivity index (χ4n) is 3.43. The summed E-state index contributed by atoms with van der Waals surface area (Å²) < 4.78 is 25.0. The van der Waals surface area contributed by atoms with Gasteiger partial charge in [0.15, 0.2) is 0 Å². The van der Waals surface area contributed by atoms with Gasteiger partial charge in [-0.15, -0.1) is 0 Å². The molecule has 1 fully saturated rings. The first kappa shape index (κ1) is 17.0. The lowest BCUT2D eigenvalue weighted by molar-refractivity contribution is 0.218. The van der Waals surface area contributed by atoms with Gasteiger partial charge in [0, 0.05) is 50.8 Å². The number of rotatable bonds is 4. The Morgan fingerprint density at radius 2 is 1.92 bits per heavy atom. The van der Waals surface area contributed by atoms with Crippen LogP contribution in [0.4, 0.5) is 10.5 Å². The third kappa shape index (κ3) is 3.17. The van der Waals surface area contributed by atoms with E-state index in [-0.39, 0.29) is 6.03 Å². The minimum Gasteiger partial charge on any atom is -0.318 e. The van der Waals surface area contributed by atoms with Crippen molar-refractivity contribution in [2.24, 2.45) is 0 Å². The Morgan fingerprint density at radius 1 is 1.12 bits per heavy atom. The van der Waals surface area contributed by atoms with E-state index in [9.17, 15) is 13.2 Å². The lowest BCUT2D eigenvalue weighted by Gasteiger charge is -2.19. The van der Waals surface area contributed by atoms with Crippen molar-refractivity contribution < 1.29 is 13.2 Å². The van der Waals surface area contributed by atoms with E-state index in [1.165, 1.54) is 10.6 Å². The number of fused-ring (bicyclic) bond motifs is 1. The molecule has 1 aromatic heterocycles. The molecule has 136 valence electrons. The zero-order valence-electron chi connectivity index (χ0n) is 14.5. The van der Waals surface area contributed by atoms with Crippen molar-refractivity contribution >= 4 is 21.7 Å². The van der Waals surface area contributed by atoms with Crippen molar-refractivity contribution in [3.05, 3.63) is 59.4 Å². The molecule has 0 aliphatic carbocycles. The second kappa shape index (κ2) is 6.37. The lowest BCUT2D eigenvalue weighted by Crippen LogP contribution is -2.31. The van der Waals surface area contributed by atoms with Crippen LogP contribution in [0.1, 0.15) is 16.7 Å². The molecule has 1 aromatic carbocycles. The van der Waals surface area contributed by atoms with Crippen LogP contribution in [-0.2, 0) is 29.7 Å². The number of amides is 2. The smallest absolute Gasteiger partial charge is 0.318 e. The molecule has 3 heterocycles. The van der Waals surface area contributed by atoms with Crippen LogP contribution in [0.25, 0.3) is 0 Å². The summed E-state index contributed by atoms with van der Waals surface area (Å²) in [5.41, 5.74) is 3.78. The van der Waals surface area contributed by atoms with Gasteiger partial charge in [0.05, 0.1) is 6.26 Å². The summed E-state index contributed by atoms with van der Waals surface area (Å²) in [6.07, 6.45) is 4.71. The molecule has 0 N–H and O–H groups in total. The van der Waals surface area contributed by atoms with E-state index in [1.807, 2.05) is 30.3 Å². The van der Waals surface area contributed by atoms with E-state index in [1.54, 1.807) is 22.2 Å². The zero-order chi connectivity index (χ0) is 18.3. The third-order valence-corrected chi connectivity index (χ3v) is 6.05. The second-order valence-electron chi connectivity index (χ2n) is 6.70. The lowest BCUT2D eigenvalue weighted by atomic mass is 10.1. The molecule has 1 saturated heterocycles. The molecule has 0 saturated carbocycles. The molecule has 2 amide bonds. The molecule has 0 radical (unpaired) electrons. The van der Waals surface area contributed by atoms with Crippen molar-refractivity contribution in [3.8, 4) is 0 Å². The Morgan fingerprint density at radius 3 is 2.65 bits per heavy atom. The number of nitrogens with zero attached hydrogens (tertiary/aromatic N) is 4. The molecule has 0 atom stereocenters.